The van der Waals surface area contributed by atoms with E-state index in [2.05, 4.69) is 5.32 Å². The SMILES string of the molecule is CCOc1cccc(NC2=C(c3ccc(C)cc3C)C(=O)N(c3cc(C)ccc3C)C2=O)c1. The Labute approximate surface area is 194 Å². The number of benzene rings is 3. The third-order valence-electron chi connectivity index (χ3n) is 5.76. The number of hydrogen-bond donors (Lipinski definition) is 1. The summed E-state index contributed by atoms with van der Waals surface area (Å²) in [7, 11) is 0. The lowest BCUT2D eigenvalue weighted by atomic mass is 9.97. The number of imide groups is 1. The summed E-state index contributed by atoms with van der Waals surface area (Å²) in [5.41, 5.74) is 6.55. The van der Waals surface area contributed by atoms with E-state index in [0.717, 1.165) is 27.8 Å². The van der Waals surface area contributed by atoms with Crippen molar-refractivity contribution in [2.45, 2.75) is 34.6 Å². The molecule has 33 heavy (non-hydrogen) atoms. The Balaban J connectivity index is 1.86. The average Bonchev–Trinajstić information content (AvgIpc) is 3.00. The van der Waals surface area contributed by atoms with Crippen molar-refractivity contribution in [2.24, 2.45) is 0 Å². The Kier molecular flexibility index (Phi) is 6.05. The zero-order chi connectivity index (χ0) is 23.7. The molecule has 1 heterocycles. The van der Waals surface area contributed by atoms with Crippen molar-refractivity contribution in [3.8, 4) is 5.75 Å². The Morgan fingerprint density at radius 3 is 2.27 bits per heavy atom. The largest absolute Gasteiger partial charge is 0.494 e. The van der Waals surface area contributed by atoms with Crippen LogP contribution < -0.4 is 15.0 Å². The molecular formula is C28H28N2O3. The van der Waals surface area contributed by atoms with Gasteiger partial charge in [0.1, 0.15) is 11.4 Å². The minimum atomic E-state index is -0.370. The van der Waals surface area contributed by atoms with Gasteiger partial charge in [-0.1, -0.05) is 42.0 Å². The monoisotopic (exact) mass is 440 g/mol. The van der Waals surface area contributed by atoms with Crippen LogP contribution >= 0.6 is 0 Å². The molecule has 1 N–H and O–H groups in total. The summed E-state index contributed by atoms with van der Waals surface area (Å²) in [4.78, 5) is 28.8. The van der Waals surface area contributed by atoms with Gasteiger partial charge in [-0.25, -0.2) is 4.90 Å². The van der Waals surface area contributed by atoms with Crippen LogP contribution in [0.15, 0.2) is 66.4 Å². The summed E-state index contributed by atoms with van der Waals surface area (Å²) in [5, 5.41) is 3.23. The summed E-state index contributed by atoms with van der Waals surface area (Å²) in [6.45, 7) is 10.3. The van der Waals surface area contributed by atoms with E-state index in [-0.39, 0.29) is 17.5 Å². The maximum atomic E-state index is 13.8. The number of nitrogens with one attached hydrogen (secondary N) is 1. The van der Waals surface area contributed by atoms with Crippen LogP contribution in [0.25, 0.3) is 5.57 Å². The van der Waals surface area contributed by atoms with Crippen LogP contribution in [0.3, 0.4) is 0 Å². The summed E-state index contributed by atoms with van der Waals surface area (Å²) in [6.07, 6.45) is 0. The van der Waals surface area contributed by atoms with Gasteiger partial charge >= 0.3 is 0 Å². The Bertz CT molecular complexity index is 1290. The van der Waals surface area contributed by atoms with E-state index < -0.39 is 0 Å². The fourth-order valence-electron chi connectivity index (χ4n) is 4.14. The van der Waals surface area contributed by atoms with Gasteiger partial charge in [-0.15, -0.1) is 0 Å². The first-order valence-corrected chi connectivity index (χ1v) is 11.1. The summed E-state index contributed by atoms with van der Waals surface area (Å²) < 4.78 is 5.60. The molecule has 0 unspecified atom stereocenters. The fraction of sp³-hybridized carbons (Fsp3) is 0.214. The van der Waals surface area contributed by atoms with E-state index in [1.54, 1.807) is 0 Å². The van der Waals surface area contributed by atoms with Gasteiger partial charge < -0.3 is 10.1 Å². The number of rotatable bonds is 6. The number of aryl methyl sites for hydroxylation is 4. The predicted molar refractivity (Wildman–Crippen MR) is 132 cm³/mol. The van der Waals surface area contributed by atoms with Crippen molar-refractivity contribution < 1.29 is 14.3 Å². The topological polar surface area (TPSA) is 58.6 Å². The van der Waals surface area contributed by atoms with Gasteiger partial charge in [0.05, 0.1) is 17.9 Å². The Hall–Kier alpha value is -3.86. The molecular weight excluding hydrogens is 412 g/mol. The Morgan fingerprint density at radius 2 is 1.55 bits per heavy atom. The van der Waals surface area contributed by atoms with E-state index in [0.29, 0.717) is 29.3 Å². The molecule has 0 atom stereocenters. The zero-order valence-corrected chi connectivity index (χ0v) is 19.7. The normalized spacial score (nSPS) is 13.7. The third-order valence-corrected chi connectivity index (χ3v) is 5.76. The molecule has 1 aliphatic rings. The number of amides is 2. The smallest absolute Gasteiger partial charge is 0.282 e. The second-order valence-corrected chi connectivity index (χ2v) is 8.39. The maximum absolute atomic E-state index is 13.8. The first-order valence-electron chi connectivity index (χ1n) is 11.1. The third kappa shape index (κ3) is 4.27. The number of anilines is 2. The molecule has 4 rings (SSSR count). The maximum Gasteiger partial charge on any atom is 0.282 e. The van der Waals surface area contributed by atoms with Crippen LogP contribution in [-0.4, -0.2) is 18.4 Å². The molecule has 5 heteroatoms. The molecule has 0 fully saturated rings. The first kappa shape index (κ1) is 22.3. The fourth-order valence-corrected chi connectivity index (χ4v) is 4.14. The lowest BCUT2D eigenvalue weighted by Crippen LogP contribution is -2.33. The van der Waals surface area contributed by atoms with Crippen molar-refractivity contribution in [2.75, 3.05) is 16.8 Å². The molecule has 0 radical (unpaired) electrons. The second-order valence-electron chi connectivity index (χ2n) is 8.39. The molecule has 3 aromatic carbocycles. The van der Waals surface area contributed by atoms with Gasteiger partial charge in [0.25, 0.3) is 11.8 Å². The van der Waals surface area contributed by atoms with Gasteiger partial charge in [0.2, 0.25) is 0 Å². The highest BCUT2D eigenvalue weighted by atomic mass is 16.5. The van der Waals surface area contributed by atoms with E-state index in [4.69, 9.17) is 4.74 Å². The summed E-state index contributed by atoms with van der Waals surface area (Å²) >= 11 is 0. The minimum Gasteiger partial charge on any atom is -0.494 e. The number of ether oxygens (including phenoxy) is 1. The van der Waals surface area contributed by atoms with E-state index in [9.17, 15) is 9.59 Å². The van der Waals surface area contributed by atoms with Gasteiger partial charge in [-0.2, -0.15) is 0 Å². The molecule has 0 bridgehead atoms. The second kappa shape index (κ2) is 8.94. The van der Waals surface area contributed by atoms with Crippen molar-refractivity contribution >= 4 is 28.8 Å². The minimum absolute atomic E-state index is 0.265. The standard InChI is InChI=1S/C28H28N2O3/c1-6-33-22-9-7-8-21(16-22)29-26-25(23-13-11-17(2)14-20(23)5)27(31)30(28(26)32)24-15-18(3)10-12-19(24)4/h7-16,29H,6H2,1-5H3. The van der Waals surface area contributed by atoms with E-state index in [1.165, 1.54) is 4.90 Å². The summed E-state index contributed by atoms with van der Waals surface area (Å²) in [5.74, 6) is -0.00562. The Morgan fingerprint density at radius 1 is 0.818 bits per heavy atom. The van der Waals surface area contributed by atoms with Crippen LogP contribution in [0, 0.1) is 27.7 Å². The van der Waals surface area contributed by atoms with E-state index in [1.807, 2.05) is 95.3 Å². The first-order chi connectivity index (χ1) is 15.8. The van der Waals surface area contributed by atoms with Crippen LogP contribution in [0.2, 0.25) is 0 Å². The quantitative estimate of drug-likeness (QED) is 0.499. The lowest BCUT2D eigenvalue weighted by molar-refractivity contribution is -0.120. The van der Waals surface area contributed by atoms with Gasteiger partial charge in [-0.3, -0.25) is 9.59 Å². The molecule has 2 amide bonds. The predicted octanol–water partition coefficient (Wildman–Crippen LogP) is 5.72. The number of carbonyl (C=O) groups excluding carboxylic acids is 2. The highest BCUT2D eigenvalue weighted by Gasteiger charge is 2.41. The van der Waals surface area contributed by atoms with Crippen LogP contribution in [-0.2, 0) is 9.59 Å². The molecule has 0 aromatic heterocycles. The van der Waals surface area contributed by atoms with Crippen molar-refractivity contribution in [3.05, 3.63) is 94.2 Å². The number of hydrogen-bond acceptors (Lipinski definition) is 4. The molecule has 168 valence electrons. The van der Waals surface area contributed by atoms with Crippen molar-refractivity contribution in [1.82, 2.24) is 0 Å². The number of carbonyl (C=O) groups is 2. The highest BCUT2D eigenvalue weighted by molar-refractivity contribution is 6.46. The van der Waals surface area contributed by atoms with Gasteiger partial charge in [0, 0.05) is 11.8 Å². The van der Waals surface area contributed by atoms with Crippen LogP contribution in [0.1, 0.15) is 34.7 Å². The van der Waals surface area contributed by atoms with Gasteiger partial charge in [-0.05, 0) is 75.1 Å². The molecule has 0 spiro atoms. The van der Waals surface area contributed by atoms with E-state index >= 15 is 0 Å². The van der Waals surface area contributed by atoms with Crippen molar-refractivity contribution in [3.63, 3.8) is 0 Å². The van der Waals surface area contributed by atoms with Crippen LogP contribution in [0.4, 0.5) is 11.4 Å². The molecule has 0 saturated heterocycles. The van der Waals surface area contributed by atoms with Gasteiger partial charge in [0.15, 0.2) is 0 Å². The van der Waals surface area contributed by atoms with Crippen LogP contribution in [0.5, 0.6) is 5.75 Å². The molecule has 0 saturated carbocycles. The van der Waals surface area contributed by atoms with Crippen molar-refractivity contribution in [1.29, 1.82) is 0 Å². The lowest BCUT2D eigenvalue weighted by Gasteiger charge is -2.18. The molecule has 0 aliphatic carbocycles. The summed E-state index contributed by atoms with van der Waals surface area (Å²) in [6, 6.07) is 19.1. The number of nitrogens with zero attached hydrogens (tertiary/aromatic N) is 1. The molecule has 5 nitrogen and oxygen atoms in total. The molecule has 1 aliphatic heterocycles. The highest BCUT2D eigenvalue weighted by Crippen LogP contribution is 2.37. The molecule has 3 aromatic rings. The zero-order valence-electron chi connectivity index (χ0n) is 19.7. The average molecular weight is 441 g/mol.